The van der Waals surface area contributed by atoms with Gasteiger partial charge in [-0.2, -0.15) is 0 Å². The zero-order valence-electron chi connectivity index (χ0n) is 15.8. The summed E-state index contributed by atoms with van der Waals surface area (Å²) in [6.07, 6.45) is 1.88. The Labute approximate surface area is 167 Å². The van der Waals surface area contributed by atoms with Crippen LogP contribution in [0.5, 0.6) is 11.5 Å². The van der Waals surface area contributed by atoms with E-state index in [0.717, 1.165) is 18.4 Å². The van der Waals surface area contributed by atoms with Crippen LogP contribution < -0.4 is 14.8 Å². The molecule has 2 aromatic carbocycles. The average Bonchev–Trinajstić information content (AvgIpc) is 3.02. The highest BCUT2D eigenvalue weighted by atomic mass is 19.1. The largest absolute Gasteiger partial charge is 0.454 e. The molecular weight excluding hydrogens is 375 g/mol. The summed E-state index contributed by atoms with van der Waals surface area (Å²) in [5.74, 6) is 0.919. The first kappa shape index (κ1) is 18.0. The highest BCUT2D eigenvalue weighted by Gasteiger charge is 2.61. The second-order valence-corrected chi connectivity index (χ2v) is 8.04. The fourth-order valence-corrected chi connectivity index (χ4v) is 4.37. The van der Waals surface area contributed by atoms with Crippen LogP contribution in [0.1, 0.15) is 18.4 Å². The highest BCUT2D eigenvalue weighted by Crippen LogP contribution is 2.58. The lowest BCUT2D eigenvalue weighted by Gasteiger charge is -2.17. The van der Waals surface area contributed by atoms with E-state index >= 15 is 0 Å². The minimum absolute atomic E-state index is 0.0169. The van der Waals surface area contributed by atoms with Gasteiger partial charge in [0.1, 0.15) is 5.82 Å². The van der Waals surface area contributed by atoms with Crippen LogP contribution in [0.25, 0.3) is 0 Å². The smallest absolute Gasteiger partial charge is 0.231 e. The molecule has 1 N–H and O–H groups in total. The van der Waals surface area contributed by atoms with E-state index < -0.39 is 0 Å². The van der Waals surface area contributed by atoms with Crippen LogP contribution >= 0.6 is 0 Å². The summed E-state index contributed by atoms with van der Waals surface area (Å²) < 4.78 is 23.7. The van der Waals surface area contributed by atoms with Gasteiger partial charge in [0.2, 0.25) is 18.6 Å². The fraction of sp³-hybridized carbons (Fsp3) is 0.364. The van der Waals surface area contributed by atoms with Gasteiger partial charge >= 0.3 is 0 Å². The normalized spacial score (nSPS) is 24.0. The molecule has 2 heterocycles. The first-order chi connectivity index (χ1) is 14.0. The van der Waals surface area contributed by atoms with Crippen LogP contribution in [0, 0.1) is 17.2 Å². The van der Waals surface area contributed by atoms with Gasteiger partial charge in [-0.1, -0.05) is 12.1 Å². The third kappa shape index (κ3) is 3.41. The zero-order valence-corrected chi connectivity index (χ0v) is 15.8. The van der Waals surface area contributed by atoms with Crippen molar-refractivity contribution in [1.29, 1.82) is 0 Å². The maximum atomic E-state index is 13.0. The zero-order chi connectivity index (χ0) is 20.0. The van der Waals surface area contributed by atoms with Gasteiger partial charge in [-0.25, -0.2) is 4.39 Å². The quantitative estimate of drug-likeness (QED) is 0.863. The molecule has 1 saturated heterocycles. The number of likely N-dealkylation sites (tertiary alicyclic amines) is 1. The standard InChI is InChI=1S/C22H21FN2O4/c23-15-3-1-14(2-4-15)9-20(26)25-8-7-22(12-25)11-17(22)21(27)24-16-5-6-18-19(10-16)29-13-28-18/h1-6,10,17H,7-9,11-13H2,(H,24,27)/t17-,22+/m1/s1. The number of ether oxygens (including phenoxy) is 2. The summed E-state index contributed by atoms with van der Waals surface area (Å²) in [7, 11) is 0. The first-order valence-corrected chi connectivity index (χ1v) is 9.75. The number of fused-ring (bicyclic) bond motifs is 1. The van der Waals surface area contributed by atoms with Gasteiger partial charge in [0, 0.05) is 36.2 Å². The number of rotatable bonds is 4. The van der Waals surface area contributed by atoms with Crippen molar-refractivity contribution in [2.75, 3.05) is 25.2 Å². The Balaban J connectivity index is 1.18. The molecule has 2 fully saturated rings. The Kier molecular flexibility index (Phi) is 4.19. The summed E-state index contributed by atoms with van der Waals surface area (Å²) in [5, 5.41) is 2.96. The van der Waals surface area contributed by atoms with Crippen LogP contribution in [0.15, 0.2) is 42.5 Å². The summed E-state index contributed by atoms with van der Waals surface area (Å²) in [6, 6.07) is 11.4. The van der Waals surface area contributed by atoms with E-state index in [1.807, 2.05) is 4.90 Å². The molecule has 2 aromatic rings. The summed E-state index contributed by atoms with van der Waals surface area (Å²) in [6.45, 7) is 1.46. The van der Waals surface area contributed by atoms with E-state index in [4.69, 9.17) is 9.47 Å². The second kappa shape index (κ2) is 6.76. The van der Waals surface area contributed by atoms with Crippen molar-refractivity contribution >= 4 is 17.5 Å². The lowest BCUT2D eigenvalue weighted by atomic mass is 10.0. The lowest BCUT2D eigenvalue weighted by Crippen LogP contribution is -2.31. The Morgan fingerprint density at radius 3 is 2.76 bits per heavy atom. The molecule has 0 aromatic heterocycles. The van der Waals surface area contributed by atoms with Gasteiger partial charge < -0.3 is 19.7 Å². The van der Waals surface area contributed by atoms with E-state index in [2.05, 4.69) is 5.32 Å². The molecule has 6 nitrogen and oxygen atoms in total. The Morgan fingerprint density at radius 1 is 1.14 bits per heavy atom. The van der Waals surface area contributed by atoms with Crippen LogP contribution in [-0.4, -0.2) is 36.6 Å². The molecule has 0 unspecified atom stereocenters. The number of anilines is 1. The maximum absolute atomic E-state index is 13.0. The molecule has 5 rings (SSSR count). The highest BCUT2D eigenvalue weighted by molar-refractivity contribution is 5.95. The molecule has 1 saturated carbocycles. The summed E-state index contributed by atoms with van der Waals surface area (Å²) in [4.78, 5) is 27.1. The van der Waals surface area contributed by atoms with Gasteiger partial charge in [-0.05, 0) is 42.7 Å². The van der Waals surface area contributed by atoms with Crippen LogP contribution in [0.4, 0.5) is 10.1 Å². The minimum atomic E-state index is -0.310. The van der Waals surface area contributed by atoms with Crippen LogP contribution in [0.3, 0.4) is 0 Å². The number of benzene rings is 2. The van der Waals surface area contributed by atoms with Crippen LogP contribution in [-0.2, 0) is 16.0 Å². The van der Waals surface area contributed by atoms with Gasteiger partial charge in [-0.15, -0.1) is 0 Å². The van der Waals surface area contributed by atoms with Crippen molar-refractivity contribution in [3.63, 3.8) is 0 Å². The molecule has 1 aliphatic carbocycles. The predicted octanol–water partition coefficient (Wildman–Crippen LogP) is 2.97. The lowest BCUT2D eigenvalue weighted by molar-refractivity contribution is -0.129. The van der Waals surface area contributed by atoms with E-state index in [-0.39, 0.29) is 42.2 Å². The number of nitrogens with zero attached hydrogens (tertiary/aromatic N) is 1. The molecular formula is C22H21FN2O4. The predicted molar refractivity (Wildman–Crippen MR) is 103 cm³/mol. The van der Waals surface area contributed by atoms with Gasteiger partial charge in [-0.3, -0.25) is 9.59 Å². The van der Waals surface area contributed by atoms with Crippen molar-refractivity contribution in [2.45, 2.75) is 19.3 Å². The van der Waals surface area contributed by atoms with Gasteiger partial charge in [0.25, 0.3) is 0 Å². The van der Waals surface area contributed by atoms with Gasteiger partial charge in [0.05, 0.1) is 6.42 Å². The number of nitrogens with one attached hydrogen (secondary N) is 1. The average molecular weight is 396 g/mol. The summed E-state index contributed by atoms with van der Waals surface area (Å²) in [5.41, 5.74) is 1.37. The number of hydrogen-bond donors (Lipinski definition) is 1. The topological polar surface area (TPSA) is 67.9 Å². The molecule has 29 heavy (non-hydrogen) atoms. The molecule has 1 spiro atoms. The van der Waals surface area contributed by atoms with Crippen molar-refractivity contribution in [1.82, 2.24) is 4.90 Å². The summed E-state index contributed by atoms with van der Waals surface area (Å²) >= 11 is 0. The molecule has 2 aliphatic heterocycles. The molecule has 2 amide bonds. The number of halogens is 1. The Morgan fingerprint density at radius 2 is 1.93 bits per heavy atom. The monoisotopic (exact) mass is 396 g/mol. The Hall–Kier alpha value is -3.09. The van der Waals surface area contributed by atoms with Crippen molar-refractivity contribution in [3.8, 4) is 11.5 Å². The molecule has 2 atom stereocenters. The minimum Gasteiger partial charge on any atom is -0.454 e. The first-order valence-electron chi connectivity index (χ1n) is 9.75. The van der Waals surface area contributed by atoms with Crippen molar-refractivity contribution in [3.05, 3.63) is 53.8 Å². The van der Waals surface area contributed by atoms with Crippen molar-refractivity contribution < 1.29 is 23.5 Å². The second-order valence-electron chi connectivity index (χ2n) is 8.04. The Bertz CT molecular complexity index is 977. The number of hydrogen-bond acceptors (Lipinski definition) is 4. The SMILES string of the molecule is O=C(Nc1ccc2c(c1)OCO2)[C@H]1C[C@]12CCN(C(=O)Cc1ccc(F)cc1)C2. The molecule has 0 bridgehead atoms. The maximum Gasteiger partial charge on any atom is 0.231 e. The molecule has 3 aliphatic rings. The number of carbonyl (C=O) groups is 2. The van der Waals surface area contributed by atoms with E-state index in [0.29, 0.717) is 30.3 Å². The third-order valence-electron chi connectivity index (χ3n) is 6.15. The third-order valence-corrected chi connectivity index (χ3v) is 6.15. The number of carbonyl (C=O) groups excluding carboxylic acids is 2. The van der Waals surface area contributed by atoms with Crippen LogP contribution in [0.2, 0.25) is 0 Å². The fourth-order valence-electron chi connectivity index (χ4n) is 4.37. The molecule has 0 radical (unpaired) electrons. The molecule has 7 heteroatoms. The van der Waals surface area contributed by atoms with E-state index in [9.17, 15) is 14.0 Å². The van der Waals surface area contributed by atoms with Crippen molar-refractivity contribution in [2.24, 2.45) is 11.3 Å². The van der Waals surface area contributed by atoms with E-state index in [1.165, 1.54) is 12.1 Å². The van der Waals surface area contributed by atoms with Gasteiger partial charge in [0.15, 0.2) is 11.5 Å². The number of amides is 2. The molecule has 150 valence electrons. The van der Waals surface area contributed by atoms with E-state index in [1.54, 1.807) is 30.3 Å².